The summed E-state index contributed by atoms with van der Waals surface area (Å²) in [4.78, 5) is 21.0. The van der Waals surface area contributed by atoms with E-state index in [1.807, 2.05) is 12.3 Å². The molecular formula is C13H14N4OS. The molecule has 2 heterocycles. The van der Waals surface area contributed by atoms with E-state index >= 15 is 0 Å². The van der Waals surface area contributed by atoms with Crippen LogP contribution in [0.4, 0.5) is 5.82 Å². The molecule has 1 unspecified atom stereocenters. The maximum absolute atomic E-state index is 11.4. The number of hydrogen-bond acceptors (Lipinski definition) is 5. The van der Waals surface area contributed by atoms with E-state index in [1.54, 1.807) is 18.3 Å². The molecule has 0 aliphatic carbocycles. The summed E-state index contributed by atoms with van der Waals surface area (Å²) in [6.07, 6.45) is 5.47. The van der Waals surface area contributed by atoms with Crippen molar-refractivity contribution in [1.82, 2.24) is 9.97 Å². The van der Waals surface area contributed by atoms with Gasteiger partial charge in [-0.05, 0) is 24.8 Å². The molecule has 6 heteroatoms. The second-order valence-corrected chi connectivity index (χ2v) is 5.08. The topological polar surface area (TPSA) is 80.9 Å². The zero-order valence-corrected chi connectivity index (χ0v) is 11.5. The maximum Gasteiger partial charge on any atom is 0.240 e. The minimum Gasteiger partial charge on any atom is -0.368 e. The minimum absolute atomic E-state index is 0.225. The van der Waals surface area contributed by atoms with Crippen molar-refractivity contribution in [1.29, 1.82) is 0 Å². The number of nitrogens with two attached hydrogens (primary N) is 1. The second kappa shape index (κ2) is 5.24. The Morgan fingerprint density at radius 1 is 1.58 bits per heavy atom. The molecular weight excluding hydrogens is 260 g/mol. The number of nitrogens with zero attached hydrogens (tertiary/aromatic N) is 2. The van der Waals surface area contributed by atoms with Crippen LogP contribution in [-0.2, 0) is 4.79 Å². The van der Waals surface area contributed by atoms with E-state index in [0.29, 0.717) is 11.6 Å². The number of rotatable bonds is 4. The first-order valence-corrected chi connectivity index (χ1v) is 6.62. The first-order valence-electron chi connectivity index (χ1n) is 5.74. The summed E-state index contributed by atoms with van der Waals surface area (Å²) in [5, 5.41) is 5.95. The Morgan fingerprint density at radius 3 is 2.95 bits per heavy atom. The first-order chi connectivity index (χ1) is 9.02. The number of terminal acetylenes is 1. The molecule has 0 radical (unpaired) electrons. The third-order valence-corrected chi connectivity index (χ3v) is 3.70. The normalized spacial score (nSPS) is 12.1. The summed E-state index contributed by atoms with van der Waals surface area (Å²) in [7, 11) is 0. The van der Waals surface area contributed by atoms with Crippen molar-refractivity contribution in [2.75, 3.05) is 5.32 Å². The van der Waals surface area contributed by atoms with Crippen LogP contribution in [0.25, 0.3) is 10.2 Å². The van der Waals surface area contributed by atoms with Crippen molar-refractivity contribution >= 4 is 33.3 Å². The van der Waals surface area contributed by atoms with Crippen molar-refractivity contribution < 1.29 is 4.79 Å². The Labute approximate surface area is 115 Å². The molecule has 0 fully saturated rings. The van der Waals surface area contributed by atoms with Gasteiger partial charge in [-0.25, -0.2) is 9.97 Å². The lowest BCUT2D eigenvalue weighted by atomic mass is 10.2. The number of amides is 1. The molecule has 0 aliphatic rings. The van der Waals surface area contributed by atoms with Crippen LogP contribution in [0.3, 0.4) is 0 Å². The number of fused-ring (bicyclic) bond motifs is 1. The molecule has 1 atom stereocenters. The second-order valence-electron chi connectivity index (χ2n) is 4.23. The Kier molecular flexibility index (Phi) is 3.67. The summed E-state index contributed by atoms with van der Waals surface area (Å²) < 4.78 is 0. The summed E-state index contributed by atoms with van der Waals surface area (Å²) in [6, 6.07) is -0.623. The van der Waals surface area contributed by atoms with Crippen LogP contribution in [0.5, 0.6) is 0 Å². The number of primary amides is 1. The molecule has 0 aromatic carbocycles. The Bertz CT molecular complexity index is 671. The third-order valence-electron chi connectivity index (χ3n) is 2.71. The largest absolute Gasteiger partial charge is 0.368 e. The van der Waals surface area contributed by atoms with Gasteiger partial charge in [0, 0.05) is 6.42 Å². The van der Waals surface area contributed by atoms with Crippen LogP contribution < -0.4 is 11.1 Å². The number of hydrogen-bond donors (Lipinski definition) is 2. The van der Waals surface area contributed by atoms with Gasteiger partial charge in [-0.3, -0.25) is 4.79 Å². The van der Waals surface area contributed by atoms with E-state index < -0.39 is 11.9 Å². The molecule has 2 aromatic rings. The summed E-state index contributed by atoms with van der Waals surface area (Å²) >= 11 is 1.54. The Hall–Kier alpha value is -2.13. The standard InChI is InChI=1S/C13H14N4OS/c1-4-5-9(11(14)18)17-12-10-7(2)6-19-13(10)16-8(3)15-12/h1,6,9H,5H2,2-3H3,(H2,14,18)(H,15,16,17). The van der Waals surface area contributed by atoms with Crippen molar-refractivity contribution in [2.24, 2.45) is 5.73 Å². The number of nitrogens with one attached hydrogen (secondary N) is 1. The highest BCUT2D eigenvalue weighted by molar-refractivity contribution is 7.17. The zero-order valence-electron chi connectivity index (χ0n) is 10.7. The maximum atomic E-state index is 11.4. The highest BCUT2D eigenvalue weighted by Crippen LogP contribution is 2.29. The molecule has 1 amide bonds. The molecule has 2 aromatic heterocycles. The van der Waals surface area contributed by atoms with E-state index in [2.05, 4.69) is 21.2 Å². The van der Waals surface area contributed by atoms with Crippen LogP contribution in [0.1, 0.15) is 17.8 Å². The smallest absolute Gasteiger partial charge is 0.240 e. The summed E-state index contributed by atoms with van der Waals surface area (Å²) in [6.45, 7) is 3.78. The number of thiophene rings is 1. The summed E-state index contributed by atoms with van der Waals surface area (Å²) in [5.74, 6) is 3.20. The minimum atomic E-state index is -0.623. The van der Waals surface area contributed by atoms with Crippen molar-refractivity contribution in [2.45, 2.75) is 26.3 Å². The first kappa shape index (κ1) is 13.3. The lowest BCUT2D eigenvalue weighted by molar-refractivity contribution is -0.118. The number of aromatic nitrogens is 2. The molecule has 0 saturated carbocycles. The number of anilines is 1. The van der Waals surface area contributed by atoms with Gasteiger partial charge in [-0.1, -0.05) is 0 Å². The molecule has 19 heavy (non-hydrogen) atoms. The molecule has 0 spiro atoms. The predicted octanol–water partition coefficient (Wildman–Crippen LogP) is 1.60. The van der Waals surface area contributed by atoms with Gasteiger partial charge >= 0.3 is 0 Å². The Morgan fingerprint density at radius 2 is 2.32 bits per heavy atom. The molecule has 98 valence electrons. The number of carbonyl (C=O) groups is 1. The van der Waals surface area contributed by atoms with Crippen LogP contribution in [0.15, 0.2) is 5.38 Å². The highest BCUT2D eigenvalue weighted by atomic mass is 32.1. The van der Waals surface area contributed by atoms with Gasteiger partial charge in [-0.15, -0.1) is 23.7 Å². The SMILES string of the molecule is C#CCC(Nc1nc(C)nc2scc(C)c12)C(N)=O. The van der Waals surface area contributed by atoms with Gasteiger partial charge in [-0.2, -0.15) is 0 Å². The molecule has 2 rings (SSSR count). The van der Waals surface area contributed by atoms with E-state index in [9.17, 15) is 4.79 Å². The third kappa shape index (κ3) is 2.66. The Balaban J connectivity index is 2.46. The lowest BCUT2D eigenvalue weighted by Crippen LogP contribution is -2.35. The van der Waals surface area contributed by atoms with Gasteiger partial charge in [0.15, 0.2) is 0 Å². The van der Waals surface area contributed by atoms with E-state index in [1.165, 1.54) is 0 Å². The van der Waals surface area contributed by atoms with Gasteiger partial charge in [0.1, 0.15) is 22.5 Å². The highest BCUT2D eigenvalue weighted by Gasteiger charge is 2.18. The predicted molar refractivity (Wildman–Crippen MR) is 76.9 cm³/mol. The molecule has 0 bridgehead atoms. The van der Waals surface area contributed by atoms with E-state index in [4.69, 9.17) is 12.2 Å². The average molecular weight is 274 g/mol. The monoisotopic (exact) mass is 274 g/mol. The molecule has 0 saturated heterocycles. The van der Waals surface area contributed by atoms with Crippen molar-refractivity contribution in [3.8, 4) is 12.3 Å². The van der Waals surface area contributed by atoms with E-state index in [0.717, 1.165) is 15.8 Å². The van der Waals surface area contributed by atoms with Crippen LogP contribution >= 0.6 is 11.3 Å². The van der Waals surface area contributed by atoms with Crippen LogP contribution in [-0.4, -0.2) is 21.9 Å². The van der Waals surface area contributed by atoms with Crippen molar-refractivity contribution in [3.05, 3.63) is 16.8 Å². The van der Waals surface area contributed by atoms with Gasteiger partial charge < -0.3 is 11.1 Å². The lowest BCUT2D eigenvalue weighted by Gasteiger charge is -2.14. The molecule has 0 aliphatic heterocycles. The quantitative estimate of drug-likeness (QED) is 0.830. The zero-order chi connectivity index (χ0) is 14.0. The van der Waals surface area contributed by atoms with Crippen LogP contribution in [0, 0.1) is 26.2 Å². The molecule has 3 N–H and O–H groups in total. The summed E-state index contributed by atoms with van der Waals surface area (Å²) in [5.41, 5.74) is 6.39. The van der Waals surface area contributed by atoms with Gasteiger partial charge in [0.25, 0.3) is 0 Å². The fraction of sp³-hybridized carbons (Fsp3) is 0.308. The van der Waals surface area contributed by atoms with Gasteiger partial charge in [0.2, 0.25) is 5.91 Å². The average Bonchev–Trinajstić information content (AvgIpc) is 2.70. The fourth-order valence-electron chi connectivity index (χ4n) is 1.80. The number of carbonyl (C=O) groups excluding carboxylic acids is 1. The van der Waals surface area contributed by atoms with E-state index in [-0.39, 0.29) is 6.42 Å². The van der Waals surface area contributed by atoms with Gasteiger partial charge in [0.05, 0.1) is 5.39 Å². The number of aryl methyl sites for hydroxylation is 2. The molecule has 5 nitrogen and oxygen atoms in total. The fourth-order valence-corrected chi connectivity index (χ4v) is 2.77. The van der Waals surface area contributed by atoms with Crippen molar-refractivity contribution in [3.63, 3.8) is 0 Å². The van der Waals surface area contributed by atoms with Crippen LogP contribution in [0.2, 0.25) is 0 Å².